The smallest absolute Gasteiger partial charge is 0.407 e. The number of rotatable bonds is 9. The van der Waals surface area contributed by atoms with E-state index in [-0.39, 0.29) is 31.3 Å². The Balaban J connectivity index is 1.47. The summed E-state index contributed by atoms with van der Waals surface area (Å²) in [5, 5.41) is 15.1. The number of benzene rings is 3. The number of carboxylic acids is 1. The molecular weight excluding hydrogens is 548 g/mol. The molecule has 0 saturated heterocycles. The molecule has 3 N–H and O–H groups in total. The molecule has 0 aliphatic carbocycles. The summed E-state index contributed by atoms with van der Waals surface area (Å²) in [6, 6.07) is 21.2. The molecule has 3 aromatic carbocycles. The third-order valence-corrected chi connectivity index (χ3v) is 7.08. The van der Waals surface area contributed by atoms with Crippen LogP contribution in [0.15, 0.2) is 72.8 Å². The van der Waals surface area contributed by atoms with Crippen molar-refractivity contribution >= 4 is 35.3 Å². The van der Waals surface area contributed by atoms with Crippen molar-refractivity contribution < 1.29 is 29.0 Å². The van der Waals surface area contributed by atoms with Crippen molar-refractivity contribution in [1.82, 2.24) is 10.2 Å². The Morgan fingerprint density at radius 2 is 1.67 bits per heavy atom. The largest absolute Gasteiger partial charge is 0.481 e. The molecule has 3 amide bonds. The minimum Gasteiger partial charge on any atom is -0.481 e. The third kappa shape index (κ3) is 8.57. The molecule has 0 spiro atoms. The highest BCUT2D eigenvalue weighted by Crippen LogP contribution is 2.31. The van der Waals surface area contributed by atoms with Gasteiger partial charge in [-0.15, -0.1) is 0 Å². The van der Waals surface area contributed by atoms with Crippen molar-refractivity contribution in [3.05, 3.63) is 95.1 Å². The highest BCUT2D eigenvalue weighted by molar-refractivity contribution is 6.04. The Morgan fingerprint density at radius 3 is 2.33 bits per heavy atom. The summed E-state index contributed by atoms with van der Waals surface area (Å²) in [5.41, 5.74) is 3.84. The molecule has 1 atom stereocenters. The molecular formula is C33H38N4O6. The van der Waals surface area contributed by atoms with E-state index in [1.165, 1.54) is 0 Å². The average molecular weight is 587 g/mol. The first-order chi connectivity index (χ1) is 20.4. The number of amides is 3. The van der Waals surface area contributed by atoms with Crippen LogP contribution in [0.1, 0.15) is 54.2 Å². The molecule has 1 heterocycles. The van der Waals surface area contributed by atoms with E-state index in [0.29, 0.717) is 24.2 Å². The number of aliphatic carboxylic acids is 1. The molecule has 226 valence electrons. The van der Waals surface area contributed by atoms with Crippen molar-refractivity contribution in [2.75, 3.05) is 23.8 Å². The Labute approximate surface area is 251 Å². The molecule has 0 saturated carbocycles. The Hall–Kier alpha value is -4.86. The summed E-state index contributed by atoms with van der Waals surface area (Å²) in [5.74, 6) is -1.61. The first-order valence-corrected chi connectivity index (χ1v) is 14.2. The molecule has 43 heavy (non-hydrogen) atoms. The van der Waals surface area contributed by atoms with Gasteiger partial charge in [0.2, 0.25) is 5.91 Å². The van der Waals surface area contributed by atoms with Crippen LogP contribution in [0.4, 0.5) is 16.2 Å². The quantitative estimate of drug-likeness (QED) is 0.328. The summed E-state index contributed by atoms with van der Waals surface area (Å²) in [6.45, 7) is 6.35. The van der Waals surface area contributed by atoms with E-state index in [0.717, 1.165) is 22.4 Å². The number of fused-ring (bicyclic) bond motifs is 1. The molecule has 1 unspecified atom stereocenters. The van der Waals surface area contributed by atoms with Gasteiger partial charge in [-0.3, -0.25) is 14.4 Å². The number of hydrogen-bond acceptors (Lipinski definition) is 6. The van der Waals surface area contributed by atoms with E-state index < -0.39 is 23.7 Å². The number of carboxylic acid groups (broad SMARTS) is 1. The van der Waals surface area contributed by atoms with Gasteiger partial charge in [-0.25, -0.2) is 4.79 Å². The topological polar surface area (TPSA) is 128 Å². The lowest BCUT2D eigenvalue weighted by atomic mass is 10.1. The number of nitrogens with one attached hydrogen (secondary N) is 2. The highest BCUT2D eigenvalue weighted by Gasteiger charge is 2.34. The van der Waals surface area contributed by atoms with Crippen molar-refractivity contribution in [1.29, 1.82) is 0 Å². The molecule has 1 aliphatic rings. The second kappa shape index (κ2) is 13.4. The fourth-order valence-electron chi connectivity index (χ4n) is 4.92. The zero-order chi connectivity index (χ0) is 31.1. The second-order valence-electron chi connectivity index (χ2n) is 11.6. The van der Waals surface area contributed by atoms with Gasteiger partial charge in [0.05, 0.1) is 6.42 Å². The number of ether oxygens (including phenoxy) is 1. The van der Waals surface area contributed by atoms with Crippen molar-refractivity contribution in [2.24, 2.45) is 0 Å². The summed E-state index contributed by atoms with van der Waals surface area (Å²) >= 11 is 0. The fourth-order valence-corrected chi connectivity index (χ4v) is 4.92. The Kier molecular flexibility index (Phi) is 9.70. The maximum Gasteiger partial charge on any atom is 0.407 e. The van der Waals surface area contributed by atoms with Gasteiger partial charge in [0, 0.05) is 43.6 Å². The Bertz CT molecular complexity index is 1470. The van der Waals surface area contributed by atoms with Crippen molar-refractivity contribution in [2.45, 2.75) is 58.3 Å². The SMILES string of the molecule is CN1c2ccc(NC(=O)c3ccc(CNC(=O)OC(C)(C)C)cc3)cc2CN(CCc2ccccc2)C(=O)C1CC(=O)O. The maximum atomic E-state index is 13.5. The predicted molar refractivity (Wildman–Crippen MR) is 164 cm³/mol. The van der Waals surface area contributed by atoms with Gasteiger partial charge in [-0.1, -0.05) is 42.5 Å². The molecule has 10 heteroatoms. The van der Waals surface area contributed by atoms with Crippen LogP contribution in [0, 0.1) is 0 Å². The highest BCUT2D eigenvalue weighted by atomic mass is 16.6. The number of likely N-dealkylation sites (N-methyl/N-ethyl adjacent to an activating group) is 1. The fraction of sp³-hybridized carbons (Fsp3) is 0.333. The molecule has 0 radical (unpaired) electrons. The number of anilines is 2. The predicted octanol–water partition coefficient (Wildman–Crippen LogP) is 4.83. The van der Waals surface area contributed by atoms with Crippen LogP contribution in [-0.4, -0.2) is 59.1 Å². The van der Waals surface area contributed by atoms with Gasteiger partial charge in [0.15, 0.2) is 0 Å². The summed E-state index contributed by atoms with van der Waals surface area (Å²) < 4.78 is 5.25. The minimum absolute atomic E-state index is 0.246. The zero-order valence-electron chi connectivity index (χ0n) is 24.9. The van der Waals surface area contributed by atoms with Crippen LogP contribution < -0.4 is 15.5 Å². The molecule has 1 aliphatic heterocycles. The minimum atomic E-state index is -1.05. The van der Waals surface area contributed by atoms with Gasteiger partial charge >= 0.3 is 12.1 Å². The molecule has 4 rings (SSSR count). The number of carbonyl (C=O) groups is 4. The van der Waals surface area contributed by atoms with Crippen molar-refractivity contribution in [3.8, 4) is 0 Å². The van der Waals surface area contributed by atoms with Gasteiger partial charge in [0.25, 0.3) is 5.91 Å². The van der Waals surface area contributed by atoms with Crippen molar-refractivity contribution in [3.63, 3.8) is 0 Å². The molecule has 0 aromatic heterocycles. The summed E-state index contributed by atoms with van der Waals surface area (Å²) in [4.78, 5) is 53.5. The third-order valence-electron chi connectivity index (χ3n) is 7.08. The summed E-state index contributed by atoms with van der Waals surface area (Å²) in [7, 11) is 1.72. The van der Waals surface area contributed by atoms with E-state index in [1.807, 2.05) is 36.4 Å². The molecule has 0 bridgehead atoms. The number of nitrogens with zero attached hydrogens (tertiary/aromatic N) is 2. The number of hydrogen-bond donors (Lipinski definition) is 3. The van der Waals surface area contributed by atoms with E-state index in [9.17, 15) is 24.3 Å². The first-order valence-electron chi connectivity index (χ1n) is 14.2. The molecule has 10 nitrogen and oxygen atoms in total. The van der Waals surface area contributed by atoms with Crippen LogP contribution in [0.3, 0.4) is 0 Å². The lowest BCUT2D eigenvalue weighted by molar-refractivity contribution is -0.142. The molecule has 3 aromatic rings. The number of alkyl carbamates (subject to hydrolysis) is 1. The normalized spacial score (nSPS) is 14.9. The van der Waals surface area contributed by atoms with Gasteiger partial charge in [-0.05, 0) is 74.2 Å². The lowest BCUT2D eigenvalue weighted by Gasteiger charge is -2.29. The van der Waals surface area contributed by atoms with Gasteiger partial charge in [0.1, 0.15) is 11.6 Å². The standard InChI is InChI=1S/C33H38N4O6/c1-33(2,3)43-32(42)34-20-23-10-12-24(13-11-23)30(40)35-26-14-15-27-25(18-26)21-37(17-16-22-8-6-5-7-9-22)31(41)28(36(27)4)19-29(38)39/h5-15,18,28H,16-17,19-21H2,1-4H3,(H,34,42)(H,35,40)(H,38,39). The van der Waals surface area contributed by atoms with Crippen LogP contribution in [0.25, 0.3) is 0 Å². The van der Waals surface area contributed by atoms with Crippen LogP contribution in [0.2, 0.25) is 0 Å². The maximum absolute atomic E-state index is 13.5. The van der Waals surface area contributed by atoms with E-state index >= 15 is 0 Å². The van der Waals surface area contributed by atoms with Gasteiger partial charge in [-0.2, -0.15) is 0 Å². The Morgan fingerprint density at radius 1 is 0.977 bits per heavy atom. The van der Waals surface area contributed by atoms with Crippen LogP contribution >= 0.6 is 0 Å². The lowest BCUT2D eigenvalue weighted by Crippen LogP contribution is -2.46. The van der Waals surface area contributed by atoms with E-state index in [4.69, 9.17) is 4.74 Å². The number of carbonyl (C=O) groups excluding carboxylic acids is 3. The second-order valence-corrected chi connectivity index (χ2v) is 11.6. The average Bonchev–Trinajstić information content (AvgIpc) is 3.04. The summed E-state index contributed by atoms with van der Waals surface area (Å²) in [6.07, 6.45) is -0.207. The van der Waals surface area contributed by atoms with E-state index in [2.05, 4.69) is 10.6 Å². The zero-order valence-corrected chi connectivity index (χ0v) is 24.9. The monoisotopic (exact) mass is 586 g/mol. The van der Waals surface area contributed by atoms with E-state index in [1.54, 1.807) is 74.0 Å². The van der Waals surface area contributed by atoms with Gasteiger partial charge < -0.3 is 30.3 Å². The molecule has 0 fully saturated rings. The van der Waals surface area contributed by atoms with Crippen LogP contribution in [-0.2, 0) is 33.8 Å². The first kappa shape index (κ1) is 31.1. The van der Waals surface area contributed by atoms with Crippen LogP contribution in [0.5, 0.6) is 0 Å².